The van der Waals surface area contributed by atoms with Crippen molar-refractivity contribution in [3.05, 3.63) is 24.3 Å². The number of ether oxygens (including phenoxy) is 1. The maximum Gasteiger partial charge on any atom is 0.326 e. The molecule has 0 aliphatic rings. The molecular formula is C9H13N3O3. The maximum atomic E-state index is 11.2. The van der Waals surface area contributed by atoms with Crippen LogP contribution in [0.4, 0.5) is 0 Å². The van der Waals surface area contributed by atoms with Crippen molar-refractivity contribution < 1.29 is 14.6 Å². The number of esters is 1. The van der Waals surface area contributed by atoms with Gasteiger partial charge in [-0.15, -0.1) is 0 Å². The van der Waals surface area contributed by atoms with Crippen LogP contribution >= 0.6 is 0 Å². The van der Waals surface area contributed by atoms with Gasteiger partial charge in [-0.2, -0.15) is 0 Å². The highest BCUT2D eigenvalue weighted by Crippen LogP contribution is 2.12. The normalized spacial score (nSPS) is 14.3. The smallest absolute Gasteiger partial charge is 0.326 e. The Kier molecular flexibility index (Phi) is 4.14. The first-order valence-corrected chi connectivity index (χ1v) is 4.53. The molecule has 0 amide bonds. The summed E-state index contributed by atoms with van der Waals surface area (Å²) in [6, 6.07) is 0.365. The second-order valence-corrected chi connectivity index (χ2v) is 2.86. The fourth-order valence-corrected chi connectivity index (χ4v) is 1.03. The summed E-state index contributed by atoms with van der Waals surface area (Å²) in [5.74, 6) is -0.649. The van der Waals surface area contributed by atoms with Crippen LogP contribution < -0.4 is 5.73 Å². The number of rotatable bonds is 4. The quantitative estimate of drug-likeness (QED) is 0.645. The van der Waals surface area contributed by atoms with Crippen LogP contribution in [0.25, 0.3) is 0 Å². The van der Waals surface area contributed by atoms with Gasteiger partial charge in [0, 0.05) is 6.20 Å². The van der Waals surface area contributed by atoms with Gasteiger partial charge in [0.05, 0.1) is 12.3 Å². The van der Waals surface area contributed by atoms with E-state index in [1.807, 2.05) is 0 Å². The molecule has 6 nitrogen and oxygen atoms in total. The highest BCUT2D eigenvalue weighted by Gasteiger charge is 2.26. The van der Waals surface area contributed by atoms with Crippen molar-refractivity contribution in [1.82, 2.24) is 9.97 Å². The van der Waals surface area contributed by atoms with Crippen molar-refractivity contribution >= 4 is 5.97 Å². The van der Waals surface area contributed by atoms with Crippen LogP contribution in [0.2, 0.25) is 0 Å². The molecule has 0 radical (unpaired) electrons. The maximum absolute atomic E-state index is 11.2. The van der Waals surface area contributed by atoms with Crippen LogP contribution in [0.3, 0.4) is 0 Å². The number of aliphatic hydroxyl groups is 1. The highest BCUT2D eigenvalue weighted by molar-refractivity contribution is 5.76. The lowest BCUT2D eigenvalue weighted by molar-refractivity contribution is -0.147. The summed E-state index contributed by atoms with van der Waals surface area (Å²) in [5.41, 5.74) is 5.79. The molecule has 1 aromatic rings. The highest BCUT2D eigenvalue weighted by atomic mass is 16.5. The Bertz CT molecular complexity index is 318. The lowest BCUT2D eigenvalue weighted by Crippen LogP contribution is -2.38. The molecule has 1 aromatic heterocycles. The Balaban J connectivity index is 2.68. The van der Waals surface area contributed by atoms with Gasteiger partial charge in [-0.3, -0.25) is 4.79 Å². The SMILES string of the molecule is CCOC(=O)C(N)C(O)c1ccncn1. The van der Waals surface area contributed by atoms with E-state index in [0.29, 0.717) is 5.69 Å². The molecule has 1 heterocycles. The number of aromatic nitrogens is 2. The predicted octanol–water partition coefficient (Wildman–Crippen LogP) is -0.600. The largest absolute Gasteiger partial charge is 0.465 e. The molecule has 0 aromatic carbocycles. The summed E-state index contributed by atoms with van der Waals surface area (Å²) in [6.07, 6.45) is 1.56. The molecule has 2 unspecified atom stereocenters. The molecule has 6 heteroatoms. The Morgan fingerprint density at radius 2 is 2.47 bits per heavy atom. The number of nitrogens with zero attached hydrogens (tertiary/aromatic N) is 2. The fraction of sp³-hybridized carbons (Fsp3) is 0.444. The number of hydrogen-bond acceptors (Lipinski definition) is 6. The van der Waals surface area contributed by atoms with Gasteiger partial charge in [0.25, 0.3) is 0 Å². The van der Waals surface area contributed by atoms with Crippen LogP contribution in [0.1, 0.15) is 18.7 Å². The summed E-state index contributed by atoms with van der Waals surface area (Å²) in [6.45, 7) is 1.89. The lowest BCUT2D eigenvalue weighted by Gasteiger charge is -2.16. The summed E-state index contributed by atoms with van der Waals surface area (Å²) in [4.78, 5) is 18.7. The Morgan fingerprint density at radius 1 is 1.73 bits per heavy atom. The van der Waals surface area contributed by atoms with E-state index in [1.54, 1.807) is 6.92 Å². The minimum absolute atomic E-state index is 0.225. The number of nitrogens with two attached hydrogens (primary N) is 1. The van der Waals surface area contributed by atoms with Gasteiger partial charge in [0.15, 0.2) is 0 Å². The number of carbonyl (C=O) groups excluding carboxylic acids is 1. The van der Waals surface area contributed by atoms with E-state index in [-0.39, 0.29) is 6.61 Å². The van der Waals surface area contributed by atoms with E-state index in [9.17, 15) is 9.90 Å². The molecular weight excluding hydrogens is 198 g/mol. The summed E-state index contributed by atoms with van der Waals surface area (Å²) in [5, 5.41) is 9.67. The van der Waals surface area contributed by atoms with Crippen molar-refractivity contribution in [2.24, 2.45) is 5.73 Å². The van der Waals surface area contributed by atoms with E-state index < -0.39 is 18.1 Å². The molecule has 0 aliphatic carbocycles. The Hall–Kier alpha value is -1.53. The van der Waals surface area contributed by atoms with Gasteiger partial charge in [0.1, 0.15) is 18.5 Å². The minimum Gasteiger partial charge on any atom is -0.465 e. The van der Waals surface area contributed by atoms with Crippen LogP contribution in [0.15, 0.2) is 18.6 Å². The Labute approximate surface area is 87.1 Å². The second kappa shape index (κ2) is 5.38. The number of hydrogen-bond donors (Lipinski definition) is 2. The Morgan fingerprint density at radius 3 is 3.00 bits per heavy atom. The third kappa shape index (κ3) is 2.97. The summed E-state index contributed by atoms with van der Waals surface area (Å²) in [7, 11) is 0. The van der Waals surface area contributed by atoms with Gasteiger partial charge < -0.3 is 15.6 Å². The average molecular weight is 211 g/mol. The van der Waals surface area contributed by atoms with Crippen molar-refractivity contribution in [1.29, 1.82) is 0 Å². The first-order valence-electron chi connectivity index (χ1n) is 4.53. The molecule has 82 valence electrons. The van der Waals surface area contributed by atoms with Gasteiger partial charge in [-0.25, -0.2) is 9.97 Å². The molecule has 1 rings (SSSR count). The van der Waals surface area contributed by atoms with Gasteiger partial charge in [-0.1, -0.05) is 0 Å². The predicted molar refractivity (Wildman–Crippen MR) is 51.6 cm³/mol. The first-order chi connectivity index (χ1) is 7.16. The van der Waals surface area contributed by atoms with Crippen LogP contribution in [0.5, 0.6) is 0 Å². The molecule has 15 heavy (non-hydrogen) atoms. The lowest BCUT2D eigenvalue weighted by atomic mass is 10.1. The van der Waals surface area contributed by atoms with Gasteiger partial charge in [0.2, 0.25) is 0 Å². The van der Waals surface area contributed by atoms with Crippen molar-refractivity contribution in [3.63, 3.8) is 0 Å². The summed E-state index contributed by atoms with van der Waals surface area (Å²) >= 11 is 0. The summed E-state index contributed by atoms with van der Waals surface area (Å²) < 4.78 is 4.68. The third-order valence-electron chi connectivity index (χ3n) is 1.81. The third-order valence-corrected chi connectivity index (χ3v) is 1.81. The number of carbonyl (C=O) groups is 1. The molecule has 0 saturated heterocycles. The number of aliphatic hydroxyl groups excluding tert-OH is 1. The van der Waals surface area contributed by atoms with E-state index in [0.717, 1.165) is 0 Å². The molecule has 0 bridgehead atoms. The van der Waals surface area contributed by atoms with E-state index in [1.165, 1.54) is 18.6 Å². The van der Waals surface area contributed by atoms with Crippen LogP contribution in [-0.2, 0) is 9.53 Å². The standard InChI is InChI=1S/C9H13N3O3/c1-2-15-9(14)7(10)8(13)6-3-4-11-5-12-6/h3-5,7-8,13H,2,10H2,1H3. The molecule has 3 N–H and O–H groups in total. The van der Waals surface area contributed by atoms with Crippen LogP contribution in [0, 0.1) is 0 Å². The zero-order chi connectivity index (χ0) is 11.3. The molecule has 0 aliphatic heterocycles. The zero-order valence-corrected chi connectivity index (χ0v) is 8.33. The van der Waals surface area contributed by atoms with Crippen molar-refractivity contribution in [3.8, 4) is 0 Å². The molecule has 0 saturated carbocycles. The van der Waals surface area contributed by atoms with Gasteiger partial charge in [-0.05, 0) is 13.0 Å². The fourth-order valence-electron chi connectivity index (χ4n) is 1.03. The monoisotopic (exact) mass is 211 g/mol. The van der Waals surface area contributed by atoms with Crippen molar-refractivity contribution in [2.75, 3.05) is 6.61 Å². The minimum atomic E-state index is -1.17. The molecule has 2 atom stereocenters. The van der Waals surface area contributed by atoms with Crippen molar-refractivity contribution in [2.45, 2.75) is 19.1 Å². The molecule has 0 fully saturated rings. The molecule has 0 spiro atoms. The average Bonchev–Trinajstić information content (AvgIpc) is 2.28. The van der Waals surface area contributed by atoms with Crippen LogP contribution in [-0.4, -0.2) is 33.7 Å². The van der Waals surface area contributed by atoms with E-state index >= 15 is 0 Å². The van der Waals surface area contributed by atoms with E-state index in [4.69, 9.17) is 5.73 Å². The second-order valence-electron chi connectivity index (χ2n) is 2.86. The first kappa shape index (κ1) is 11.5. The zero-order valence-electron chi connectivity index (χ0n) is 8.33. The van der Waals surface area contributed by atoms with E-state index in [2.05, 4.69) is 14.7 Å². The van der Waals surface area contributed by atoms with Gasteiger partial charge >= 0.3 is 5.97 Å². The topological polar surface area (TPSA) is 98.3 Å².